The number of carbonyl (C=O) groups is 1. The molecule has 23 heavy (non-hydrogen) atoms. The summed E-state index contributed by atoms with van der Waals surface area (Å²) >= 11 is 7.30. The summed E-state index contributed by atoms with van der Waals surface area (Å²) in [5, 5.41) is 6.06. The van der Waals surface area contributed by atoms with Gasteiger partial charge < -0.3 is 5.32 Å². The van der Waals surface area contributed by atoms with E-state index in [1.165, 1.54) is 16.9 Å². The molecule has 2 aromatic carbocycles. The van der Waals surface area contributed by atoms with Crippen LogP contribution >= 0.6 is 22.9 Å². The van der Waals surface area contributed by atoms with E-state index in [9.17, 15) is 4.79 Å². The molecule has 0 radical (unpaired) electrons. The second kappa shape index (κ2) is 6.94. The maximum atomic E-state index is 12.1. The molecule has 3 nitrogen and oxygen atoms in total. The molecular weight excluding hydrogens is 328 g/mol. The number of aryl methyl sites for hydroxylation is 1. The van der Waals surface area contributed by atoms with Crippen molar-refractivity contribution in [2.24, 2.45) is 0 Å². The topological polar surface area (TPSA) is 42.0 Å². The van der Waals surface area contributed by atoms with E-state index in [1.54, 1.807) is 0 Å². The predicted octanol–water partition coefficient (Wildman–Crippen LogP) is 4.95. The number of aromatic nitrogens is 1. The Balaban J connectivity index is 1.65. The Morgan fingerprint density at radius 3 is 2.52 bits per heavy atom. The average Bonchev–Trinajstić information content (AvgIpc) is 2.98. The Labute approximate surface area is 144 Å². The van der Waals surface area contributed by atoms with Crippen molar-refractivity contribution >= 4 is 34.0 Å². The fourth-order valence-corrected chi connectivity index (χ4v) is 3.00. The van der Waals surface area contributed by atoms with Crippen LogP contribution in [0.5, 0.6) is 0 Å². The molecule has 3 aromatic rings. The zero-order chi connectivity index (χ0) is 16.2. The van der Waals surface area contributed by atoms with Gasteiger partial charge in [-0.25, -0.2) is 4.98 Å². The predicted molar refractivity (Wildman–Crippen MR) is 96.1 cm³/mol. The van der Waals surface area contributed by atoms with E-state index < -0.39 is 0 Å². The van der Waals surface area contributed by atoms with Gasteiger partial charge >= 0.3 is 0 Å². The van der Waals surface area contributed by atoms with Gasteiger partial charge in [0.05, 0.1) is 12.1 Å². The van der Waals surface area contributed by atoms with Crippen molar-refractivity contribution in [2.75, 3.05) is 5.32 Å². The van der Waals surface area contributed by atoms with Crippen LogP contribution in [0.3, 0.4) is 0 Å². The number of anilines is 1. The number of thiazole rings is 1. The lowest BCUT2D eigenvalue weighted by atomic mass is 10.1. The Bertz CT molecular complexity index is 810. The van der Waals surface area contributed by atoms with Crippen LogP contribution in [0.1, 0.15) is 11.1 Å². The highest BCUT2D eigenvalue weighted by atomic mass is 35.5. The number of rotatable bonds is 4. The van der Waals surface area contributed by atoms with Crippen LogP contribution < -0.4 is 5.32 Å². The smallest absolute Gasteiger partial charge is 0.230 e. The van der Waals surface area contributed by atoms with Gasteiger partial charge in [-0.05, 0) is 24.6 Å². The van der Waals surface area contributed by atoms with Gasteiger partial charge in [0.25, 0.3) is 0 Å². The van der Waals surface area contributed by atoms with Crippen molar-refractivity contribution in [3.8, 4) is 11.3 Å². The quantitative estimate of drug-likeness (QED) is 0.728. The highest BCUT2D eigenvalue weighted by Gasteiger charge is 2.09. The number of hydrogen-bond donors (Lipinski definition) is 1. The van der Waals surface area contributed by atoms with Gasteiger partial charge in [0, 0.05) is 16.0 Å². The minimum atomic E-state index is -0.0640. The molecular formula is C18H15ClN2OS. The second-order valence-corrected chi connectivity index (χ2v) is 6.55. The zero-order valence-electron chi connectivity index (χ0n) is 12.5. The van der Waals surface area contributed by atoms with E-state index in [1.807, 2.05) is 60.8 Å². The molecule has 1 aromatic heterocycles. The van der Waals surface area contributed by atoms with Crippen molar-refractivity contribution in [3.63, 3.8) is 0 Å². The standard InChI is InChI=1S/C18H15ClN2OS/c1-12-2-4-13(5-3-12)10-17(22)21-18-20-16(11-23-18)14-6-8-15(19)9-7-14/h2-9,11H,10H2,1H3,(H,20,21,22). The summed E-state index contributed by atoms with van der Waals surface area (Å²) in [5.74, 6) is -0.0640. The van der Waals surface area contributed by atoms with Gasteiger partial charge in [-0.1, -0.05) is 53.6 Å². The van der Waals surface area contributed by atoms with Crippen molar-refractivity contribution in [2.45, 2.75) is 13.3 Å². The van der Waals surface area contributed by atoms with E-state index in [2.05, 4.69) is 10.3 Å². The molecule has 0 spiro atoms. The largest absolute Gasteiger partial charge is 0.302 e. The van der Waals surface area contributed by atoms with Gasteiger partial charge in [0.1, 0.15) is 0 Å². The number of nitrogens with zero attached hydrogens (tertiary/aromatic N) is 1. The number of benzene rings is 2. The molecule has 1 N–H and O–H groups in total. The Hall–Kier alpha value is -2.17. The lowest BCUT2D eigenvalue weighted by Crippen LogP contribution is -2.14. The van der Waals surface area contributed by atoms with Gasteiger partial charge in [-0.15, -0.1) is 11.3 Å². The summed E-state index contributed by atoms with van der Waals surface area (Å²) in [5.41, 5.74) is 3.98. The van der Waals surface area contributed by atoms with Crippen LogP contribution in [-0.4, -0.2) is 10.9 Å². The Morgan fingerprint density at radius 2 is 1.83 bits per heavy atom. The molecule has 0 unspecified atom stereocenters. The molecule has 3 rings (SSSR count). The molecule has 0 atom stereocenters. The molecule has 0 bridgehead atoms. The molecule has 0 aliphatic carbocycles. The lowest BCUT2D eigenvalue weighted by molar-refractivity contribution is -0.115. The van der Waals surface area contributed by atoms with E-state index in [0.29, 0.717) is 16.6 Å². The van der Waals surface area contributed by atoms with E-state index in [4.69, 9.17) is 11.6 Å². The third kappa shape index (κ3) is 4.18. The first-order valence-electron chi connectivity index (χ1n) is 7.17. The third-order valence-electron chi connectivity index (χ3n) is 3.38. The first kappa shape index (κ1) is 15.7. The number of halogens is 1. The second-order valence-electron chi connectivity index (χ2n) is 5.26. The van der Waals surface area contributed by atoms with Crippen molar-refractivity contribution in [3.05, 3.63) is 70.1 Å². The highest BCUT2D eigenvalue weighted by molar-refractivity contribution is 7.14. The molecule has 0 saturated carbocycles. The van der Waals surface area contributed by atoms with Crippen molar-refractivity contribution in [1.82, 2.24) is 4.98 Å². The number of amides is 1. The highest BCUT2D eigenvalue weighted by Crippen LogP contribution is 2.26. The van der Waals surface area contributed by atoms with Crippen LogP contribution in [-0.2, 0) is 11.2 Å². The van der Waals surface area contributed by atoms with Gasteiger partial charge in [0.2, 0.25) is 5.91 Å². The summed E-state index contributed by atoms with van der Waals surface area (Å²) < 4.78 is 0. The van der Waals surface area contributed by atoms with Crippen LogP contribution in [0.2, 0.25) is 5.02 Å². The van der Waals surface area contributed by atoms with Gasteiger partial charge in [0.15, 0.2) is 5.13 Å². The Morgan fingerprint density at radius 1 is 1.13 bits per heavy atom. The molecule has 0 aliphatic rings. The molecule has 116 valence electrons. The summed E-state index contributed by atoms with van der Waals surface area (Å²) in [7, 11) is 0. The first-order valence-corrected chi connectivity index (χ1v) is 8.43. The zero-order valence-corrected chi connectivity index (χ0v) is 14.1. The summed E-state index contributed by atoms with van der Waals surface area (Å²) in [6.07, 6.45) is 0.343. The van der Waals surface area contributed by atoms with E-state index in [-0.39, 0.29) is 5.91 Å². The lowest BCUT2D eigenvalue weighted by Gasteiger charge is -2.02. The first-order chi connectivity index (χ1) is 11.1. The van der Waals surface area contributed by atoms with Crippen molar-refractivity contribution in [1.29, 1.82) is 0 Å². The minimum absolute atomic E-state index is 0.0640. The van der Waals surface area contributed by atoms with Crippen LogP contribution in [0.15, 0.2) is 53.9 Å². The summed E-state index contributed by atoms with van der Waals surface area (Å²) in [6, 6.07) is 15.4. The average molecular weight is 343 g/mol. The normalized spacial score (nSPS) is 10.5. The monoisotopic (exact) mass is 342 g/mol. The summed E-state index contributed by atoms with van der Waals surface area (Å²) in [6.45, 7) is 2.03. The number of carbonyl (C=O) groups excluding carboxylic acids is 1. The SMILES string of the molecule is Cc1ccc(CC(=O)Nc2nc(-c3ccc(Cl)cc3)cs2)cc1. The van der Waals surface area contributed by atoms with E-state index >= 15 is 0 Å². The molecule has 0 fully saturated rings. The fourth-order valence-electron chi connectivity index (χ4n) is 2.14. The van der Waals surface area contributed by atoms with Crippen LogP contribution in [0.4, 0.5) is 5.13 Å². The van der Waals surface area contributed by atoms with Crippen molar-refractivity contribution < 1.29 is 4.79 Å². The van der Waals surface area contributed by atoms with Crippen LogP contribution in [0, 0.1) is 6.92 Å². The number of hydrogen-bond acceptors (Lipinski definition) is 3. The molecule has 1 heterocycles. The third-order valence-corrected chi connectivity index (χ3v) is 4.39. The molecule has 0 aliphatic heterocycles. The summed E-state index contributed by atoms with van der Waals surface area (Å²) in [4.78, 5) is 16.5. The molecule has 1 amide bonds. The minimum Gasteiger partial charge on any atom is -0.302 e. The van der Waals surface area contributed by atoms with Crippen LogP contribution in [0.25, 0.3) is 11.3 Å². The molecule has 5 heteroatoms. The Kier molecular flexibility index (Phi) is 4.74. The molecule has 0 saturated heterocycles. The number of nitrogens with one attached hydrogen (secondary N) is 1. The fraction of sp³-hybridized carbons (Fsp3) is 0.111. The van der Waals surface area contributed by atoms with Gasteiger partial charge in [-0.3, -0.25) is 4.79 Å². The van der Waals surface area contributed by atoms with E-state index in [0.717, 1.165) is 16.8 Å². The van der Waals surface area contributed by atoms with Gasteiger partial charge in [-0.2, -0.15) is 0 Å². The maximum Gasteiger partial charge on any atom is 0.230 e. The maximum absolute atomic E-state index is 12.1.